The number of aliphatic hydroxyl groups excluding tert-OH is 2. The summed E-state index contributed by atoms with van der Waals surface area (Å²) in [5, 5.41) is 23.1. The maximum Gasteiger partial charge on any atom is 0.305 e. The predicted molar refractivity (Wildman–Crippen MR) is 236 cm³/mol. The minimum absolute atomic E-state index is 0.0216. The van der Waals surface area contributed by atoms with Crippen molar-refractivity contribution in [2.24, 2.45) is 0 Å². The predicted octanol–water partition coefficient (Wildman–Crippen LogP) is 14.0. The molecule has 0 bridgehead atoms. The number of nitrogens with one attached hydrogen (secondary N) is 1. The van der Waals surface area contributed by atoms with Crippen molar-refractivity contribution in [1.82, 2.24) is 5.32 Å². The summed E-state index contributed by atoms with van der Waals surface area (Å²) in [6.45, 7) is 4.87. The molecule has 0 aromatic carbocycles. The molecule has 0 aliphatic rings. The Balaban J connectivity index is 3.52. The normalized spacial score (nSPS) is 12.9. The molecule has 2 unspecified atom stereocenters. The highest BCUT2D eigenvalue weighted by molar-refractivity contribution is 5.76. The Hall–Kier alpha value is -1.66. The lowest BCUT2D eigenvalue weighted by molar-refractivity contribution is -0.143. The van der Waals surface area contributed by atoms with Crippen molar-refractivity contribution in [3.8, 4) is 0 Å². The van der Waals surface area contributed by atoms with Gasteiger partial charge in [-0.15, -0.1) is 0 Å². The van der Waals surface area contributed by atoms with Gasteiger partial charge in [0.2, 0.25) is 5.91 Å². The molecular weight excluding hydrogens is 683 g/mol. The highest BCUT2D eigenvalue weighted by Gasteiger charge is 2.20. The zero-order valence-electron chi connectivity index (χ0n) is 36.7. The molecule has 0 spiro atoms. The van der Waals surface area contributed by atoms with Gasteiger partial charge in [-0.3, -0.25) is 9.59 Å². The van der Waals surface area contributed by atoms with Gasteiger partial charge in [-0.05, 0) is 57.8 Å². The van der Waals surface area contributed by atoms with Crippen molar-refractivity contribution in [3.63, 3.8) is 0 Å². The van der Waals surface area contributed by atoms with Crippen LogP contribution in [0.15, 0.2) is 24.3 Å². The highest BCUT2D eigenvalue weighted by Crippen LogP contribution is 2.15. The first kappa shape index (κ1) is 53.3. The molecule has 0 aromatic heterocycles. The van der Waals surface area contributed by atoms with Crippen LogP contribution in [0.5, 0.6) is 0 Å². The van der Waals surface area contributed by atoms with E-state index in [1.54, 1.807) is 0 Å². The first-order valence-electron chi connectivity index (χ1n) is 24.1. The fourth-order valence-corrected chi connectivity index (χ4v) is 7.28. The number of carbonyl (C=O) groups is 2. The Bertz CT molecular complexity index is 858. The van der Waals surface area contributed by atoms with E-state index >= 15 is 0 Å². The standard InChI is InChI=1S/C49H93NO5/c1-3-5-7-9-11-13-15-23-27-31-35-39-43-49(54)55-44-40-36-32-28-24-20-18-16-17-19-22-26-30-34-38-42-48(53)50-46(45-51)47(52)41-37-33-29-25-21-14-12-10-8-6-4-2/h16,18,20,24,46-47,51-52H,3-15,17,19,21-23,25-45H2,1-2H3,(H,50,53)/b18-16-,24-20-. The number of esters is 1. The van der Waals surface area contributed by atoms with E-state index in [1.165, 1.54) is 141 Å². The fraction of sp³-hybridized carbons (Fsp3) is 0.878. The maximum atomic E-state index is 12.4. The van der Waals surface area contributed by atoms with Crippen molar-refractivity contribution < 1.29 is 24.5 Å². The average Bonchev–Trinajstić information content (AvgIpc) is 3.18. The van der Waals surface area contributed by atoms with E-state index in [2.05, 4.69) is 43.5 Å². The molecule has 0 heterocycles. The Morgan fingerprint density at radius 2 is 0.891 bits per heavy atom. The monoisotopic (exact) mass is 776 g/mol. The molecule has 6 heteroatoms. The number of ether oxygens (including phenoxy) is 1. The van der Waals surface area contributed by atoms with Crippen LogP contribution in [-0.2, 0) is 14.3 Å². The van der Waals surface area contributed by atoms with Gasteiger partial charge in [-0.2, -0.15) is 0 Å². The molecule has 0 aliphatic heterocycles. The van der Waals surface area contributed by atoms with E-state index in [4.69, 9.17) is 4.74 Å². The van der Waals surface area contributed by atoms with E-state index in [1.807, 2.05) is 0 Å². The van der Waals surface area contributed by atoms with Gasteiger partial charge < -0.3 is 20.3 Å². The Morgan fingerprint density at radius 1 is 0.509 bits per heavy atom. The van der Waals surface area contributed by atoms with Crippen LogP contribution in [0.3, 0.4) is 0 Å². The summed E-state index contributed by atoms with van der Waals surface area (Å²) < 4.78 is 5.42. The van der Waals surface area contributed by atoms with Crippen molar-refractivity contribution in [2.75, 3.05) is 13.2 Å². The van der Waals surface area contributed by atoms with Crippen LogP contribution in [0.4, 0.5) is 0 Å². The van der Waals surface area contributed by atoms with Gasteiger partial charge in [0.1, 0.15) is 0 Å². The minimum atomic E-state index is -0.676. The Kier molecular flexibility index (Phi) is 43.7. The molecule has 55 heavy (non-hydrogen) atoms. The summed E-state index contributed by atoms with van der Waals surface area (Å²) in [6.07, 6.45) is 51.4. The van der Waals surface area contributed by atoms with Crippen LogP contribution < -0.4 is 5.32 Å². The van der Waals surface area contributed by atoms with Gasteiger partial charge in [0.25, 0.3) is 0 Å². The molecule has 0 saturated heterocycles. The molecule has 0 fully saturated rings. The molecule has 3 N–H and O–H groups in total. The number of hydrogen-bond donors (Lipinski definition) is 3. The van der Waals surface area contributed by atoms with Crippen molar-refractivity contribution in [3.05, 3.63) is 24.3 Å². The number of carbonyl (C=O) groups excluding carboxylic acids is 2. The zero-order valence-corrected chi connectivity index (χ0v) is 36.7. The van der Waals surface area contributed by atoms with E-state index in [-0.39, 0.29) is 18.5 Å². The largest absolute Gasteiger partial charge is 0.466 e. The maximum absolute atomic E-state index is 12.4. The van der Waals surface area contributed by atoms with E-state index in [0.29, 0.717) is 25.9 Å². The molecule has 0 aromatic rings. The Labute approximate surface area is 341 Å². The number of allylic oxidation sites excluding steroid dienone is 4. The summed E-state index contributed by atoms with van der Waals surface area (Å²) in [5.74, 6) is -0.0807. The number of hydrogen-bond acceptors (Lipinski definition) is 5. The topological polar surface area (TPSA) is 95.9 Å². The minimum Gasteiger partial charge on any atom is -0.466 e. The first-order valence-corrected chi connectivity index (χ1v) is 24.1. The summed E-state index contributed by atoms with van der Waals surface area (Å²) in [5.41, 5.74) is 0. The third-order valence-electron chi connectivity index (χ3n) is 11.0. The van der Waals surface area contributed by atoms with Crippen LogP contribution in [-0.4, -0.2) is 47.4 Å². The van der Waals surface area contributed by atoms with Gasteiger partial charge in [-0.1, -0.05) is 205 Å². The van der Waals surface area contributed by atoms with Crippen LogP contribution in [0.1, 0.15) is 251 Å². The lowest BCUT2D eigenvalue weighted by Gasteiger charge is -2.22. The summed E-state index contributed by atoms with van der Waals surface area (Å²) >= 11 is 0. The lowest BCUT2D eigenvalue weighted by atomic mass is 10.0. The lowest BCUT2D eigenvalue weighted by Crippen LogP contribution is -2.45. The van der Waals surface area contributed by atoms with Crippen LogP contribution in [0.25, 0.3) is 0 Å². The molecular formula is C49H93NO5. The highest BCUT2D eigenvalue weighted by atomic mass is 16.5. The third kappa shape index (κ3) is 41.8. The fourth-order valence-electron chi connectivity index (χ4n) is 7.28. The number of aliphatic hydroxyl groups is 2. The molecule has 6 nitrogen and oxygen atoms in total. The number of amides is 1. The second kappa shape index (κ2) is 45.0. The van der Waals surface area contributed by atoms with Crippen LogP contribution >= 0.6 is 0 Å². The molecule has 0 radical (unpaired) electrons. The molecule has 0 rings (SSSR count). The van der Waals surface area contributed by atoms with E-state index in [0.717, 1.165) is 77.0 Å². The van der Waals surface area contributed by atoms with Gasteiger partial charge in [-0.25, -0.2) is 0 Å². The quantitative estimate of drug-likeness (QED) is 0.0325. The summed E-state index contributed by atoms with van der Waals surface area (Å²) in [4.78, 5) is 24.4. The summed E-state index contributed by atoms with van der Waals surface area (Å²) in [7, 11) is 0. The first-order chi connectivity index (χ1) is 27.0. The van der Waals surface area contributed by atoms with Crippen LogP contribution in [0, 0.1) is 0 Å². The molecule has 0 saturated carbocycles. The molecule has 0 aliphatic carbocycles. The molecule has 2 atom stereocenters. The van der Waals surface area contributed by atoms with E-state index in [9.17, 15) is 19.8 Å². The number of rotatable bonds is 44. The second-order valence-corrected chi connectivity index (χ2v) is 16.5. The van der Waals surface area contributed by atoms with Gasteiger partial charge in [0.05, 0.1) is 25.4 Å². The third-order valence-corrected chi connectivity index (χ3v) is 11.0. The van der Waals surface area contributed by atoms with Gasteiger partial charge in [0.15, 0.2) is 0 Å². The Morgan fingerprint density at radius 3 is 1.35 bits per heavy atom. The van der Waals surface area contributed by atoms with Crippen molar-refractivity contribution >= 4 is 11.9 Å². The SMILES string of the molecule is CCCCCCCCCCCCCCC(=O)OCCCCC/C=C\C=C/CCCCCCCCC(=O)NC(CO)C(O)CCCCCCCCCCCCC. The molecule has 1 amide bonds. The van der Waals surface area contributed by atoms with Crippen molar-refractivity contribution in [2.45, 2.75) is 264 Å². The van der Waals surface area contributed by atoms with Crippen molar-refractivity contribution in [1.29, 1.82) is 0 Å². The van der Waals surface area contributed by atoms with E-state index < -0.39 is 12.1 Å². The molecule has 324 valence electrons. The van der Waals surface area contributed by atoms with Gasteiger partial charge in [0, 0.05) is 12.8 Å². The average molecular weight is 776 g/mol. The second-order valence-electron chi connectivity index (χ2n) is 16.5. The smallest absolute Gasteiger partial charge is 0.305 e. The van der Waals surface area contributed by atoms with Gasteiger partial charge >= 0.3 is 5.97 Å². The zero-order chi connectivity index (χ0) is 40.1. The summed E-state index contributed by atoms with van der Waals surface area (Å²) in [6, 6.07) is -0.555. The number of unbranched alkanes of at least 4 members (excludes halogenated alkanes) is 30. The van der Waals surface area contributed by atoms with Crippen LogP contribution in [0.2, 0.25) is 0 Å².